The molecule has 0 N–H and O–H groups in total. The number of hydrogen-bond donors (Lipinski definition) is 0. The van der Waals surface area contributed by atoms with Gasteiger partial charge in [-0.3, -0.25) is 0 Å². The monoisotopic (exact) mass is 382 g/mol. The first-order valence-electron chi connectivity index (χ1n) is 6.57. The summed E-state index contributed by atoms with van der Waals surface area (Å²) in [5.74, 6) is -0.211. The highest BCUT2D eigenvalue weighted by molar-refractivity contribution is 14.1. The number of allylic oxidation sites excluding steroid dienone is 8. The molecule has 3 rings (SSSR count). The van der Waals surface area contributed by atoms with Crippen molar-refractivity contribution >= 4 is 28.2 Å². The summed E-state index contributed by atoms with van der Waals surface area (Å²) in [6, 6.07) is 12.5. The van der Waals surface area contributed by atoms with Crippen LogP contribution in [-0.4, -0.2) is 0 Å². The van der Waals surface area contributed by atoms with Gasteiger partial charge in [-0.1, -0.05) is 48.6 Å². The number of benzene rings is 1. The van der Waals surface area contributed by atoms with Crippen LogP contribution in [0.2, 0.25) is 0 Å². The SMILES string of the molecule is N#CC1(C#N)C(c2ccc(I)cc2)=CC2=CC=CC=CC21. The fourth-order valence-corrected chi connectivity index (χ4v) is 3.19. The second-order valence-electron chi connectivity index (χ2n) is 5.01. The second kappa shape index (κ2) is 5.35. The summed E-state index contributed by atoms with van der Waals surface area (Å²) in [5.41, 5.74) is 1.59. The Morgan fingerprint density at radius 2 is 1.71 bits per heavy atom. The van der Waals surface area contributed by atoms with Crippen LogP contribution in [0.1, 0.15) is 5.56 Å². The highest BCUT2D eigenvalue weighted by atomic mass is 127. The average molecular weight is 382 g/mol. The Balaban J connectivity index is 2.21. The molecule has 0 fully saturated rings. The van der Waals surface area contributed by atoms with Crippen LogP contribution in [0.5, 0.6) is 0 Å². The maximum absolute atomic E-state index is 9.74. The van der Waals surface area contributed by atoms with Crippen LogP contribution in [0.25, 0.3) is 5.57 Å². The topological polar surface area (TPSA) is 47.6 Å². The molecule has 2 nitrogen and oxygen atoms in total. The van der Waals surface area contributed by atoms with Crippen molar-refractivity contribution in [2.24, 2.45) is 11.3 Å². The lowest BCUT2D eigenvalue weighted by atomic mass is 9.73. The van der Waals surface area contributed by atoms with E-state index >= 15 is 0 Å². The fourth-order valence-electron chi connectivity index (χ4n) is 2.83. The van der Waals surface area contributed by atoms with Crippen molar-refractivity contribution in [2.45, 2.75) is 0 Å². The Morgan fingerprint density at radius 3 is 2.38 bits per heavy atom. The maximum atomic E-state index is 9.74. The predicted octanol–water partition coefficient (Wildman–Crippen LogP) is 4.39. The smallest absolute Gasteiger partial charge is 0.179 e. The van der Waals surface area contributed by atoms with E-state index in [1.54, 1.807) is 0 Å². The molecule has 0 aliphatic heterocycles. The lowest BCUT2D eigenvalue weighted by molar-refractivity contribution is 0.578. The van der Waals surface area contributed by atoms with Gasteiger partial charge in [-0.05, 0) is 51.4 Å². The quantitative estimate of drug-likeness (QED) is 0.677. The molecule has 2 aliphatic carbocycles. The summed E-state index contributed by atoms with van der Waals surface area (Å²) < 4.78 is 1.13. The number of nitrogens with zero attached hydrogens (tertiary/aromatic N) is 2. The molecule has 0 heterocycles. The van der Waals surface area contributed by atoms with Gasteiger partial charge in [-0.15, -0.1) is 0 Å². The number of nitriles is 2. The number of hydrogen-bond acceptors (Lipinski definition) is 2. The van der Waals surface area contributed by atoms with Crippen molar-refractivity contribution in [2.75, 3.05) is 0 Å². The van der Waals surface area contributed by atoms with Crippen LogP contribution in [0, 0.1) is 37.6 Å². The van der Waals surface area contributed by atoms with Gasteiger partial charge in [0.1, 0.15) is 0 Å². The van der Waals surface area contributed by atoms with E-state index in [-0.39, 0.29) is 5.92 Å². The summed E-state index contributed by atoms with van der Waals surface area (Å²) in [5, 5.41) is 19.5. The third kappa shape index (κ3) is 2.14. The molecule has 21 heavy (non-hydrogen) atoms. The molecular weight excluding hydrogens is 371 g/mol. The van der Waals surface area contributed by atoms with Crippen molar-refractivity contribution in [3.8, 4) is 12.1 Å². The molecule has 1 aromatic carbocycles. The molecule has 100 valence electrons. The van der Waals surface area contributed by atoms with E-state index < -0.39 is 5.41 Å². The third-order valence-corrected chi connectivity index (χ3v) is 4.60. The first kappa shape index (κ1) is 13.9. The molecular formula is C18H11IN2. The molecule has 1 aromatic rings. The number of fused-ring (bicyclic) bond motifs is 1. The zero-order chi connectivity index (χ0) is 14.9. The molecule has 2 aliphatic rings. The summed E-state index contributed by atoms with van der Waals surface area (Å²) in [6.07, 6.45) is 11.7. The van der Waals surface area contributed by atoms with E-state index in [1.165, 1.54) is 0 Å². The first-order chi connectivity index (χ1) is 10.2. The van der Waals surface area contributed by atoms with Gasteiger partial charge in [-0.25, -0.2) is 0 Å². The Labute approximate surface area is 137 Å². The molecule has 3 heteroatoms. The predicted molar refractivity (Wildman–Crippen MR) is 90.6 cm³/mol. The summed E-state index contributed by atoms with van der Waals surface area (Å²) in [7, 11) is 0. The van der Waals surface area contributed by atoms with E-state index in [2.05, 4.69) is 34.7 Å². The average Bonchev–Trinajstić information content (AvgIpc) is 2.65. The van der Waals surface area contributed by atoms with E-state index in [9.17, 15) is 10.5 Å². The van der Waals surface area contributed by atoms with Gasteiger partial charge < -0.3 is 0 Å². The van der Waals surface area contributed by atoms with E-state index in [1.807, 2.05) is 60.7 Å². The molecule has 1 unspecified atom stereocenters. The van der Waals surface area contributed by atoms with Crippen LogP contribution in [0.3, 0.4) is 0 Å². The van der Waals surface area contributed by atoms with E-state index in [4.69, 9.17) is 0 Å². The van der Waals surface area contributed by atoms with E-state index in [0.717, 1.165) is 20.3 Å². The number of rotatable bonds is 1. The molecule has 0 saturated heterocycles. The molecule has 0 spiro atoms. The summed E-state index contributed by atoms with van der Waals surface area (Å²) >= 11 is 2.24. The minimum atomic E-state index is -1.15. The second-order valence-corrected chi connectivity index (χ2v) is 6.26. The third-order valence-electron chi connectivity index (χ3n) is 3.88. The van der Waals surface area contributed by atoms with Crippen molar-refractivity contribution < 1.29 is 0 Å². The lowest BCUT2D eigenvalue weighted by Crippen LogP contribution is -2.24. The van der Waals surface area contributed by atoms with Gasteiger partial charge in [0, 0.05) is 9.49 Å². The Bertz CT molecular complexity index is 766. The van der Waals surface area contributed by atoms with Crippen molar-refractivity contribution in [3.05, 3.63) is 75.4 Å². The van der Waals surface area contributed by atoms with Gasteiger partial charge in [0.25, 0.3) is 0 Å². The van der Waals surface area contributed by atoms with Gasteiger partial charge >= 0.3 is 0 Å². The largest absolute Gasteiger partial charge is 0.196 e. The van der Waals surface area contributed by atoms with Gasteiger partial charge in [-0.2, -0.15) is 10.5 Å². The van der Waals surface area contributed by atoms with Crippen LogP contribution < -0.4 is 0 Å². The van der Waals surface area contributed by atoms with Crippen LogP contribution in [0.4, 0.5) is 0 Å². The summed E-state index contributed by atoms with van der Waals surface area (Å²) in [4.78, 5) is 0. The number of halogens is 1. The molecule has 0 saturated carbocycles. The van der Waals surface area contributed by atoms with Crippen molar-refractivity contribution in [1.82, 2.24) is 0 Å². The van der Waals surface area contributed by atoms with Crippen LogP contribution in [0.15, 0.2) is 66.3 Å². The van der Waals surface area contributed by atoms with Crippen molar-refractivity contribution in [1.29, 1.82) is 10.5 Å². The maximum Gasteiger partial charge on any atom is 0.179 e. The molecule has 1 atom stereocenters. The van der Waals surface area contributed by atoms with Gasteiger partial charge in [0.05, 0.1) is 12.1 Å². The molecule has 0 bridgehead atoms. The zero-order valence-corrected chi connectivity index (χ0v) is 13.3. The van der Waals surface area contributed by atoms with Crippen LogP contribution >= 0.6 is 22.6 Å². The normalized spacial score (nSPS) is 21.6. The molecule has 0 aromatic heterocycles. The lowest BCUT2D eigenvalue weighted by Gasteiger charge is -2.23. The standard InChI is InChI=1S/C18H11IN2/c19-15-8-6-13(7-9-15)17-10-14-4-2-1-3-5-16(14)18(17,11-20)12-21/h1-10,16H. The zero-order valence-electron chi connectivity index (χ0n) is 11.1. The molecule has 0 radical (unpaired) electrons. The first-order valence-corrected chi connectivity index (χ1v) is 7.65. The Hall–Kier alpha value is -2.11. The van der Waals surface area contributed by atoms with Crippen molar-refractivity contribution in [3.63, 3.8) is 0 Å². The Morgan fingerprint density at radius 1 is 1.00 bits per heavy atom. The fraction of sp³-hybridized carbons (Fsp3) is 0.111. The van der Waals surface area contributed by atoms with Crippen LogP contribution in [-0.2, 0) is 0 Å². The van der Waals surface area contributed by atoms with Gasteiger partial charge in [0.2, 0.25) is 0 Å². The highest BCUT2D eigenvalue weighted by Gasteiger charge is 2.48. The Kier molecular flexibility index (Phi) is 3.53. The highest BCUT2D eigenvalue weighted by Crippen LogP contribution is 2.51. The van der Waals surface area contributed by atoms with Gasteiger partial charge in [0.15, 0.2) is 5.41 Å². The minimum Gasteiger partial charge on any atom is -0.196 e. The minimum absolute atomic E-state index is 0.211. The molecule has 0 amide bonds. The summed E-state index contributed by atoms with van der Waals surface area (Å²) in [6.45, 7) is 0. The van der Waals surface area contributed by atoms with E-state index in [0.29, 0.717) is 0 Å².